The van der Waals surface area contributed by atoms with E-state index in [9.17, 15) is 9.59 Å². The van der Waals surface area contributed by atoms with Gasteiger partial charge in [0.2, 0.25) is 0 Å². The molecule has 0 aromatic heterocycles. The van der Waals surface area contributed by atoms with Crippen molar-refractivity contribution >= 4 is 23.3 Å². The fourth-order valence-corrected chi connectivity index (χ4v) is 1.63. The minimum absolute atomic E-state index is 0.241. The highest BCUT2D eigenvalue weighted by Gasteiger charge is 2.20. The number of hydrogen-bond acceptors (Lipinski definition) is 6. The van der Waals surface area contributed by atoms with Gasteiger partial charge < -0.3 is 20.1 Å². The highest BCUT2D eigenvalue weighted by Crippen LogP contribution is 2.22. The summed E-state index contributed by atoms with van der Waals surface area (Å²) in [7, 11) is 3.71. The first-order chi connectivity index (χ1) is 9.36. The van der Waals surface area contributed by atoms with Crippen LogP contribution in [0.5, 0.6) is 0 Å². The SMILES string of the molecule is CCOC(=O)C(C)OC(=O)c1ccc(N(C)C)c(N)c1. The third-order valence-electron chi connectivity index (χ3n) is 2.65. The Labute approximate surface area is 118 Å². The van der Waals surface area contributed by atoms with E-state index in [2.05, 4.69) is 0 Å². The van der Waals surface area contributed by atoms with Crippen LogP contribution < -0.4 is 10.6 Å². The van der Waals surface area contributed by atoms with E-state index in [0.717, 1.165) is 5.69 Å². The normalized spacial score (nSPS) is 11.6. The predicted octanol–water partition coefficient (Wildman–Crippen LogP) is 1.44. The number of carbonyl (C=O) groups excluding carboxylic acids is 2. The van der Waals surface area contributed by atoms with Crippen molar-refractivity contribution in [3.63, 3.8) is 0 Å². The number of hydrogen-bond donors (Lipinski definition) is 1. The molecule has 0 radical (unpaired) electrons. The van der Waals surface area contributed by atoms with Crippen molar-refractivity contribution in [2.75, 3.05) is 31.3 Å². The van der Waals surface area contributed by atoms with Gasteiger partial charge in [-0.2, -0.15) is 0 Å². The lowest BCUT2D eigenvalue weighted by Gasteiger charge is -2.16. The molecule has 0 saturated carbocycles. The standard InChI is InChI=1S/C14H20N2O4/c1-5-19-13(17)9(2)20-14(18)10-6-7-12(16(3)4)11(15)8-10/h6-9H,5,15H2,1-4H3. The molecule has 1 unspecified atom stereocenters. The second-order valence-electron chi connectivity index (χ2n) is 4.47. The first-order valence-electron chi connectivity index (χ1n) is 6.31. The van der Waals surface area contributed by atoms with Gasteiger partial charge in [0.05, 0.1) is 23.5 Å². The first-order valence-corrected chi connectivity index (χ1v) is 6.31. The monoisotopic (exact) mass is 280 g/mol. The molecule has 2 N–H and O–H groups in total. The second kappa shape index (κ2) is 6.79. The quantitative estimate of drug-likeness (QED) is 0.649. The van der Waals surface area contributed by atoms with E-state index in [1.807, 2.05) is 19.0 Å². The highest BCUT2D eigenvalue weighted by atomic mass is 16.6. The van der Waals surface area contributed by atoms with Crippen molar-refractivity contribution in [3.05, 3.63) is 23.8 Å². The summed E-state index contributed by atoms with van der Waals surface area (Å²) in [5, 5.41) is 0. The summed E-state index contributed by atoms with van der Waals surface area (Å²) < 4.78 is 9.79. The van der Waals surface area contributed by atoms with Crippen LogP contribution in [0.15, 0.2) is 18.2 Å². The molecule has 1 aromatic carbocycles. The van der Waals surface area contributed by atoms with E-state index in [0.29, 0.717) is 11.3 Å². The molecule has 20 heavy (non-hydrogen) atoms. The Morgan fingerprint density at radius 1 is 1.35 bits per heavy atom. The molecule has 0 bridgehead atoms. The van der Waals surface area contributed by atoms with Crippen molar-refractivity contribution in [3.8, 4) is 0 Å². The Morgan fingerprint density at radius 2 is 2.00 bits per heavy atom. The molecule has 0 heterocycles. The Bertz CT molecular complexity index is 500. The fourth-order valence-electron chi connectivity index (χ4n) is 1.63. The summed E-state index contributed by atoms with van der Waals surface area (Å²) in [5.41, 5.74) is 7.42. The van der Waals surface area contributed by atoms with Crippen LogP contribution in [0.4, 0.5) is 11.4 Å². The van der Waals surface area contributed by atoms with E-state index < -0.39 is 18.0 Å². The Morgan fingerprint density at radius 3 is 2.50 bits per heavy atom. The zero-order chi connectivity index (χ0) is 15.3. The molecule has 0 fully saturated rings. The van der Waals surface area contributed by atoms with Crippen LogP contribution in [0.25, 0.3) is 0 Å². The molecular formula is C14H20N2O4. The second-order valence-corrected chi connectivity index (χ2v) is 4.47. The van der Waals surface area contributed by atoms with Crippen molar-refractivity contribution in [2.45, 2.75) is 20.0 Å². The molecule has 0 aliphatic heterocycles. The van der Waals surface area contributed by atoms with Crippen LogP contribution in [0.2, 0.25) is 0 Å². The number of rotatable bonds is 5. The van der Waals surface area contributed by atoms with Crippen molar-refractivity contribution < 1.29 is 19.1 Å². The average molecular weight is 280 g/mol. The maximum atomic E-state index is 11.9. The number of esters is 2. The van der Waals surface area contributed by atoms with Gasteiger partial charge in [-0.1, -0.05) is 0 Å². The zero-order valence-corrected chi connectivity index (χ0v) is 12.2. The summed E-state index contributed by atoms with van der Waals surface area (Å²) in [4.78, 5) is 25.1. The summed E-state index contributed by atoms with van der Waals surface area (Å²) in [6.07, 6.45) is -0.947. The van der Waals surface area contributed by atoms with Crippen LogP contribution in [0.3, 0.4) is 0 Å². The maximum absolute atomic E-state index is 11.9. The van der Waals surface area contributed by atoms with Gasteiger partial charge in [-0.25, -0.2) is 9.59 Å². The smallest absolute Gasteiger partial charge is 0.347 e. The lowest BCUT2D eigenvalue weighted by molar-refractivity contribution is -0.152. The van der Waals surface area contributed by atoms with E-state index in [1.165, 1.54) is 13.0 Å². The van der Waals surface area contributed by atoms with E-state index in [1.54, 1.807) is 19.1 Å². The van der Waals surface area contributed by atoms with Gasteiger partial charge in [-0.3, -0.25) is 0 Å². The third-order valence-corrected chi connectivity index (χ3v) is 2.65. The molecule has 1 rings (SSSR count). The molecule has 1 aromatic rings. The third kappa shape index (κ3) is 3.88. The van der Waals surface area contributed by atoms with Crippen LogP contribution in [0, 0.1) is 0 Å². The molecular weight excluding hydrogens is 260 g/mol. The number of ether oxygens (including phenoxy) is 2. The van der Waals surface area contributed by atoms with Gasteiger partial charge in [-0.15, -0.1) is 0 Å². The number of nitrogens with zero attached hydrogens (tertiary/aromatic N) is 1. The minimum Gasteiger partial charge on any atom is -0.463 e. The summed E-state index contributed by atoms with van der Waals surface area (Å²) in [6, 6.07) is 4.85. The molecule has 6 heteroatoms. The fraction of sp³-hybridized carbons (Fsp3) is 0.429. The minimum atomic E-state index is -0.947. The lowest BCUT2D eigenvalue weighted by atomic mass is 10.1. The number of carbonyl (C=O) groups is 2. The molecule has 0 aliphatic rings. The molecule has 110 valence electrons. The molecule has 0 spiro atoms. The lowest BCUT2D eigenvalue weighted by Crippen LogP contribution is -2.26. The number of nitrogens with two attached hydrogens (primary N) is 1. The van der Waals surface area contributed by atoms with Gasteiger partial charge in [0.25, 0.3) is 0 Å². The Hall–Kier alpha value is -2.24. The predicted molar refractivity (Wildman–Crippen MR) is 76.7 cm³/mol. The van der Waals surface area contributed by atoms with Gasteiger partial charge in [0, 0.05) is 14.1 Å². The highest BCUT2D eigenvalue weighted by molar-refractivity contribution is 5.93. The van der Waals surface area contributed by atoms with E-state index >= 15 is 0 Å². The van der Waals surface area contributed by atoms with Crippen molar-refractivity contribution in [1.29, 1.82) is 0 Å². The largest absolute Gasteiger partial charge is 0.463 e. The van der Waals surface area contributed by atoms with Crippen LogP contribution in [-0.4, -0.2) is 38.7 Å². The molecule has 0 aliphatic carbocycles. The topological polar surface area (TPSA) is 81.9 Å². The first kappa shape index (κ1) is 15.8. The van der Waals surface area contributed by atoms with Gasteiger partial charge in [0.1, 0.15) is 0 Å². The van der Waals surface area contributed by atoms with Crippen molar-refractivity contribution in [1.82, 2.24) is 0 Å². The summed E-state index contributed by atoms with van der Waals surface area (Å²) in [6.45, 7) is 3.39. The van der Waals surface area contributed by atoms with Crippen LogP contribution >= 0.6 is 0 Å². The molecule has 1 atom stereocenters. The van der Waals surface area contributed by atoms with Crippen LogP contribution in [-0.2, 0) is 14.3 Å². The molecule has 6 nitrogen and oxygen atoms in total. The van der Waals surface area contributed by atoms with Gasteiger partial charge >= 0.3 is 11.9 Å². The Kier molecular flexibility index (Phi) is 5.37. The molecule has 0 amide bonds. The Balaban J connectivity index is 2.78. The van der Waals surface area contributed by atoms with Gasteiger partial charge in [0.15, 0.2) is 6.10 Å². The number of anilines is 2. The maximum Gasteiger partial charge on any atom is 0.347 e. The average Bonchev–Trinajstić information content (AvgIpc) is 2.38. The van der Waals surface area contributed by atoms with Crippen LogP contribution in [0.1, 0.15) is 24.2 Å². The van der Waals surface area contributed by atoms with Crippen molar-refractivity contribution in [2.24, 2.45) is 0 Å². The van der Waals surface area contributed by atoms with E-state index in [4.69, 9.17) is 15.2 Å². The van der Waals surface area contributed by atoms with E-state index in [-0.39, 0.29) is 6.61 Å². The summed E-state index contributed by atoms with van der Waals surface area (Å²) in [5.74, 6) is -1.18. The summed E-state index contributed by atoms with van der Waals surface area (Å²) >= 11 is 0. The molecule has 0 saturated heterocycles. The zero-order valence-electron chi connectivity index (χ0n) is 12.2. The number of nitrogen functional groups attached to an aromatic ring is 1. The van der Waals surface area contributed by atoms with Gasteiger partial charge in [-0.05, 0) is 32.0 Å². The number of benzene rings is 1.